The number of hydrogen-bond acceptors (Lipinski definition) is 4. The zero-order valence-electron chi connectivity index (χ0n) is 10.6. The third kappa shape index (κ3) is 2.90. The minimum Gasteiger partial charge on any atom is -0.356 e. The number of nitrogens with one attached hydrogen (secondary N) is 2. The van der Waals surface area contributed by atoms with Crippen LogP contribution in [0.2, 0.25) is 0 Å². The Bertz CT molecular complexity index is 446. The smallest absolute Gasteiger partial charge is 0.252 e. The second kappa shape index (κ2) is 5.10. The van der Waals surface area contributed by atoms with Gasteiger partial charge in [0.2, 0.25) is 0 Å². The highest BCUT2D eigenvalue weighted by atomic mass is 16.1. The second-order valence-corrected chi connectivity index (χ2v) is 5.38. The van der Waals surface area contributed by atoms with E-state index in [1.54, 1.807) is 6.07 Å². The van der Waals surface area contributed by atoms with Gasteiger partial charge in [-0.25, -0.2) is 4.98 Å². The highest BCUT2D eigenvalue weighted by molar-refractivity contribution is 5.36. The Morgan fingerprint density at radius 1 is 1.33 bits per heavy atom. The standard InChI is InChI=1S/C13H20N4O/c18-13-7-12(15-9-16-13)17-5-3-10(4-6-17)8-14-11-1-2-11/h7,9-11,14H,1-6,8H2,(H,15,16,18). The average molecular weight is 248 g/mol. The van der Waals surface area contributed by atoms with Crippen LogP contribution >= 0.6 is 0 Å². The summed E-state index contributed by atoms with van der Waals surface area (Å²) in [6.07, 6.45) is 6.58. The lowest BCUT2D eigenvalue weighted by atomic mass is 9.97. The summed E-state index contributed by atoms with van der Waals surface area (Å²) in [5.74, 6) is 1.59. The molecule has 1 saturated heterocycles. The van der Waals surface area contributed by atoms with Crippen LogP contribution in [0.1, 0.15) is 25.7 Å². The van der Waals surface area contributed by atoms with E-state index in [4.69, 9.17) is 0 Å². The Balaban J connectivity index is 1.51. The molecule has 0 bridgehead atoms. The number of rotatable bonds is 4. The van der Waals surface area contributed by atoms with Crippen molar-refractivity contribution in [3.63, 3.8) is 0 Å². The molecule has 1 saturated carbocycles. The van der Waals surface area contributed by atoms with Crippen molar-refractivity contribution in [3.8, 4) is 0 Å². The predicted octanol–water partition coefficient (Wildman–Crippen LogP) is 0.738. The largest absolute Gasteiger partial charge is 0.356 e. The number of hydrogen-bond donors (Lipinski definition) is 2. The molecule has 5 heteroatoms. The highest BCUT2D eigenvalue weighted by Crippen LogP contribution is 2.23. The topological polar surface area (TPSA) is 61.0 Å². The molecule has 2 heterocycles. The molecule has 2 fully saturated rings. The molecule has 0 spiro atoms. The number of anilines is 1. The molecule has 5 nitrogen and oxygen atoms in total. The third-order valence-electron chi connectivity index (χ3n) is 3.87. The predicted molar refractivity (Wildman–Crippen MR) is 70.8 cm³/mol. The van der Waals surface area contributed by atoms with Gasteiger partial charge in [0.15, 0.2) is 0 Å². The fourth-order valence-electron chi connectivity index (χ4n) is 2.52. The summed E-state index contributed by atoms with van der Waals surface area (Å²) in [5, 5.41) is 3.60. The number of H-pyrrole nitrogens is 1. The fraction of sp³-hybridized carbons (Fsp3) is 0.692. The zero-order chi connectivity index (χ0) is 12.4. The second-order valence-electron chi connectivity index (χ2n) is 5.38. The van der Waals surface area contributed by atoms with E-state index in [1.165, 1.54) is 32.0 Å². The molecule has 1 aliphatic carbocycles. The van der Waals surface area contributed by atoms with Crippen molar-refractivity contribution in [2.24, 2.45) is 5.92 Å². The summed E-state index contributed by atoms with van der Waals surface area (Å²) in [6.45, 7) is 3.17. The number of piperidine rings is 1. The molecular weight excluding hydrogens is 228 g/mol. The quantitative estimate of drug-likeness (QED) is 0.825. The Morgan fingerprint density at radius 3 is 2.78 bits per heavy atom. The SMILES string of the molecule is O=c1cc(N2CCC(CNC3CC3)CC2)nc[nH]1. The van der Waals surface area contributed by atoms with Crippen molar-refractivity contribution in [1.29, 1.82) is 0 Å². The lowest BCUT2D eigenvalue weighted by Gasteiger charge is -2.32. The van der Waals surface area contributed by atoms with Crippen molar-refractivity contribution >= 4 is 5.82 Å². The fourth-order valence-corrected chi connectivity index (χ4v) is 2.52. The van der Waals surface area contributed by atoms with E-state index < -0.39 is 0 Å². The molecule has 2 aliphatic rings. The summed E-state index contributed by atoms with van der Waals surface area (Å²) < 4.78 is 0. The minimum absolute atomic E-state index is 0.0717. The molecule has 0 aromatic carbocycles. The molecule has 1 aromatic heterocycles. The molecule has 0 radical (unpaired) electrons. The normalized spacial score (nSPS) is 21.2. The van der Waals surface area contributed by atoms with Crippen LogP contribution in [-0.4, -0.2) is 35.6 Å². The summed E-state index contributed by atoms with van der Waals surface area (Å²) in [6, 6.07) is 2.39. The van der Waals surface area contributed by atoms with Crippen LogP contribution in [-0.2, 0) is 0 Å². The van der Waals surface area contributed by atoms with Crippen LogP contribution in [0.4, 0.5) is 5.82 Å². The van der Waals surface area contributed by atoms with Gasteiger partial charge in [-0.1, -0.05) is 0 Å². The van der Waals surface area contributed by atoms with E-state index in [0.717, 1.165) is 37.4 Å². The van der Waals surface area contributed by atoms with Crippen LogP contribution in [0, 0.1) is 5.92 Å². The van der Waals surface area contributed by atoms with Crippen LogP contribution in [0.3, 0.4) is 0 Å². The molecule has 18 heavy (non-hydrogen) atoms. The summed E-state index contributed by atoms with van der Waals surface area (Å²) in [5.41, 5.74) is -0.0717. The molecule has 98 valence electrons. The van der Waals surface area contributed by atoms with Gasteiger partial charge >= 0.3 is 0 Å². The van der Waals surface area contributed by atoms with E-state index in [-0.39, 0.29) is 5.56 Å². The van der Waals surface area contributed by atoms with Crippen LogP contribution in [0.5, 0.6) is 0 Å². The van der Waals surface area contributed by atoms with Gasteiger partial charge in [-0.15, -0.1) is 0 Å². The van der Waals surface area contributed by atoms with Gasteiger partial charge in [0.05, 0.1) is 6.33 Å². The van der Waals surface area contributed by atoms with Gasteiger partial charge in [-0.2, -0.15) is 0 Å². The monoisotopic (exact) mass is 248 g/mol. The summed E-state index contributed by atoms with van der Waals surface area (Å²) >= 11 is 0. The Hall–Kier alpha value is -1.36. The lowest BCUT2D eigenvalue weighted by Crippen LogP contribution is -2.38. The molecule has 0 atom stereocenters. The van der Waals surface area contributed by atoms with Crippen LogP contribution in [0.25, 0.3) is 0 Å². The summed E-state index contributed by atoms with van der Waals surface area (Å²) in [7, 11) is 0. The van der Waals surface area contributed by atoms with Crippen molar-refractivity contribution in [3.05, 3.63) is 22.7 Å². The lowest BCUT2D eigenvalue weighted by molar-refractivity contribution is 0.381. The maximum Gasteiger partial charge on any atom is 0.252 e. The maximum absolute atomic E-state index is 11.2. The Morgan fingerprint density at radius 2 is 2.11 bits per heavy atom. The molecule has 1 aliphatic heterocycles. The first-order valence-electron chi connectivity index (χ1n) is 6.84. The van der Waals surface area contributed by atoms with E-state index in [1.807, 2.05) is 0 Å². The highest BCUT2D eigenvalue weighted by Gasteiger charge is 2.24. The first-order chi connectivity index (χ1) is 8.81. The van der Waals surface area contributed by atoms with Crippen molar-refractivity contribution in [1.82, 2.24) is 15.3 Å². The van der Waals surface area contributed by atoms with E-state index in [0.29, 0.717) is 0 Å². The van der Waals surface area contributed by atoms with Crippen molar-refractivity contribution in [2.75, 3.05) is 24.5 Å². The minimum atomic E-state index is -0.0717. The van der Waals surface area contributed by atoms with E-state index in [2.05, 4.69) is 20.2 Å². The molecule has 2 N–H and O–H groups in total. The Kier molecular flexibility index (Phi) is 3.32. The number of nitrogens with zero attached hydrogens (tertiary/aromatic N) is 2. The molecule has 3 rings (SSSR count). The van der Waals surface area contributed by atoms with Gasteiger partial charge < -0.3 is 15.2 Å². The first kappa shape index (κ1) is 11.7. The van der Waals surface area contributed by atoms with Gasteiger partial charge in [-0.05, 0) is 38.1 Å². The van der Waals surface area contributed by atoms with E-state index >= 15 is 0 Å². The van der Waals surface area contributed by atoms with Gasteiger partial charge in [0.25, 0.3) is 5.56 Å². The molecular formula is C13H20N4O. The molecule has 0 unspecified atom stereocenters. The van der Waals surface area contributed by atoms with Crippen molar-refractivity contribution in [2.45, 2.75) is 31.7 Å². The number of aromatic amines is 1. The van der Waals surface area contributed by atoms with Crippen molar-refractivity contribution < 1.29 is 0 Å². The summed E-state index contributed by atoms with van der Waals surface area (Å²) in [4.78, 5) is 20.2. The first-order valence-corrected chi connectivity index (χ1v) is 6.84. The van der Waals surface area contributed by atoms with Crippen LogP contribution in [0.15, 0.2) is 17.2 Å². The third-order valence-corrected chi connectivity index (χ3v) is 3.87. The number of aromatic nitrogens is 2. The molecule has 0 amide bonds. The van der Waals surface area contributed by atoms with Gasteiger partial charge in [0.1, 0.15) is 5.82 Å². The molecule has 1 aromatic rings. The van der Waals surface area contributed by atoms with Gasteiger partial charge in [-0.3, -0.25) is 4.79 Å². The average Bonchev–Trinajstić information content (AvgIpc) is 3.21. The van der Waals surface area contributed by atoms with Gasteiger partial charge in [0, 0.05) is 25.2 Å². The Labute approximate surface area is 107 Å². The maximum atomic E-state index is 11.2. The van der Waals surface area contributed by atoms with E-state index in [9.17, 15) is 4.79 Å². The zero-order valence-corrected chi connectivity index (χ0v) is 10.6. The van der Waals surface area contributed by atoms with Crippen LogP contribution < -0.4 is 15.8 Å².